The van der Waals surface area contributed by atoms with Crippen LogP contribution in [0.5, 0.6) is 5.75 Å². The lowest BCUT2D eigenvalue weighted by Gasteiger charge is -2.11. The molecule has 8 nitrogen and oxygen atoms in total. The van der Waals surface area contributed by atoms with Gasteiger partial charge in [-0.25, -0.2) is 0 Å². The van der Waals surface area contributed by atoms with Crippen molar-refractivity contribution in [2.24, 2.45) is 0 Å². The van der Waals surface area contributed by atoms with Crippen molar-refractivity contribution >= 4 is 21.8 Å². The summed E-state index contributed by atoms with van der Waals surface area (Å²) in [5.41, 5.74) is 7.78. The predicted octanol–water partition coefficient (Wildman–Crippen LogP) is 5.17. The number of hydrogen-bond donors (Lipinski definition) is 2. The molecule has 6 aromatic rings. The van der Waals surface area contributed by atoms with Crippen LogP contribution in [0.2, 0.25) is 0 Å². The summed E-state index contributed by atoms with van der Waals surface area (Å²) in [7, 11) is 4.05. The Labute approximate surface area is 208 Å². The minimum absolute atomic E-state index is 0.610. The van der Waals surface area contributed by atoms with Crippen molar-refractivity contribution in [2.75, 3.05) is 27.2 Å². The van der Waals surface area contributed by atoms with Gasteiger partial charge in [0.05, 0.1) is 29.1 Å². The van der Waals surface area contributed by atoms with Crippen LogP contribution in [0.4, 0.5) is 0 Å². The molecule has 1 aromatic carbocycles. The van der Waals surface area contributed by atoms with Gasteiger partial charge in [0.15, 0.2) is 0 Å². The van der Waals surface area contributed by atoms with Gasteiger partial charge in [-0.05, 0) is 50.0 Å². The molecule has 6 rings (SSSR count). The maximum atomic E-state index is 5.89. The number of ether oxygens (including phenoxy) is 1. The standard InChI is InChI=1S/C28H25N7O/c1-35(2)8-9-36-21-10-20(14-30-15-21)18-5-6-25-23(11-18)28(34-33-25)26-12-22-24(16-31-17-27(22)32-26)19-4-3-7-29-13-19/h3-7,10-17,32H,8-9H2,1-2H3,(H,33,34). The lowest BCUT2D eigenvalue weighted by atomic mass is 10.0. The van der Waals surface area contributed by atoms with Gasteiger partial charge in [-0.3, -0.25) is 20.1 Å². The first-order valence-corrected chi connectivity index (χ1v) is 11.7. The quantitative estimate of drug-likeness (QED) is 0.331. The third-order valence-corrected chi connectivity index (χ3v) is 6.19. The second kappa shape index (κ2) is 9.24. The first kappa shape index (κ1) is 21.9. The number of nitrogens with zero attached hydrogens (tertiary/aromatic N) is 5. The molecule has 8 heteroatoms. The lowest BCUT2D eigenvalue weighted by Crippen LogP contribution is -2.19. The van der Waals surface area contributed by atoms with Crippen molar-refractivity contribution in [2.45, 2.75) is 0 Å². The molecule has 36 heavy (non-hydrogen) atoms. The molecule has 0 aliphatic carbocycles. The fourth-order valence-corrected chi connectivity index (χ4v) is 4.33. The summed E-state index contributed by atoms with van der Waals surface area (Å²) < 4.78 is 5.89. The maximum absolute atomic E-state index is 5.89. The number of aromatic nitrogens is 6. The number of nitrogens with one attached hydrogen (secondary N) is 2. The van der Waals surface area contributed by atoms with E-state index in [-0.39, 0.29) is 0 Å². The molecule has 0 radical (unpaired) electrons. The molecule has 0 amide bonds. The number of likely N-dealkylation sites (N-methyl/N-ethyl adjacent to an activating group) is 1. The molecule has 5 heterocycles. The highest BCUT2D eigenvalue weighted by Gasteiger charge is 2.15. The Bertz CT molecular complexity index is 1650. The number of aromatic amines is 2. The number of rotatable bonds is 7. The summed E-state index contributed by atoms with van der Waals surface area (Å²) in [5.74, 6) is 0.757. The SMILES string of the molecule is CN(C)CCOc1cncc(-c2ccc3[nH]nc(-c4cc5c(-c6cccnc6)cncc5[nH]4)c3c2)c1. The third-order valence-electron chi connectivity index (χ3n) is 6.19. The Morgan fingerprint density at radius 2 is 1.69 bits per heavy atom. The number of benzene rings is 1. The van der Waals surface area contributed by atoms with Crippen LogP contribution in [-0.4, -0.2) is 62.3 Å². The zero-order valence-corrected chi connectivity index (χ0v) is 20.1. The molecule has 0 unspecified atom stereocenters. The Balaban J connectivity index is 1.38. The lowest BCUT2D eigenvalue weighted by molar-refractivity contribution is 0.261. The molecule has 2 N–H and O–H groups in total. The molecule has 0 aliphatic heterocycles. The zero-order valence-electron chi connectivity index (χ0n) is 20.1. The van der Waals surface area contributed by atoms with Crippen LogP contribution in [-0.2, 0) is 0 Å². The van der Waals surface area contributed by atoms with Gasteiger partial charge in [-0.1, -0.05) is 12.1 Å². The fourth-order valence-electron chi connectivity index (χ4n) is 4.33. The van der Waals surface area contributed by atoms with E-state index >= 15 is 0 Å². The molecule has 5 aromatic heterocycles. The monoisotopic (exact) mass is 475 g/mol. The van der Waals surface area contributed by atoms with Crippen molar-refractivity contribution in [1.29, 1.82) is 0 Å². The Morgan fingerprint density at radius 3 is 2.56 bits per heavy atom. The van der Waals surface area contributed by atoms with E-state index in [1.165, 1.54) is 0 Å². The number of pyridine rings is 3. The summed E-state index contributed by atoms with van der Waals surface area (Å²) in [6.45, 7) is 1.45. The van der Waals surface area contributed by atoms with E-state index in [1.54, 1.807) is 12.4 Å². The van der Waals surface area contributed by atoms with Crippen LogP contribution in [0.3, 0.4) is 0 Å². The van der Waals surface area contributed by atoms with Crippen molar-refractivity contribution in [3.8, 4) is 39.4 Å². The van der Waals surface area contributed by atoms with E-state index in [4.69, 9.17) is 4.74 Å². The van der Waals surface area contributed by atoms with Crippen molar-refractivity contribution in [3.05, 3.63) is 79.6 Å². The topological polar surface area (TPSA) is 95.6 Å². The first-order chi connectivity index (χ1) is 17.7. The fraction of sp³-hybridized carbons (Fsp3) is 0.143. The highest BCUT2D eigenvalue weighted by atomic mass is 16.5. The highest BCUT2D eigenvalue weighted by molar-refractivity contribution is 6.01. The van der Waals surface area contributed by atoms with Crippen molar-refractivity contribution in [3.63, 3.8) is 0 Å². The average Bonchev–Trinajstić information content (AvgIpc) is 3.53. The van der Waals surface area contributed by atoms with Gasteiger partial charge in [-0.15, -0.1) is 0 Å². The second-order valence-corrected chi connectivity index (χ2v) is 8.97. The third kappa shape index (κ3) is 4.18. The smallest absolute Gasteiger partial charge is 0.138 e. The first-order valence-electron chi connectivity index (χ1n) is 11.7. The van der Waals surface area contributed by atoms with Gasteiger partial charge in [0.2, 0.25) is 0 Å². The van der Waals surface area contributed by atoms with E-state index in [9.17, 15) is 0 Å². The molecule has 0 spiro atoms. The van der Waals surface area contributed by atoms with Gasteiger partial charge < -0.3 is 14.6 Å². The molecule has 0 fully saturated rings. The molecule has 178 valence electrons. The van der Waals surface area contributed by atoms with Crippen LogP contribution in [0, 0.1) is 0 Å². The Hall–Kier alpha value is -4.56. The normalized spacial score (nSPS) is 11.5. The van der Waals surface area contributed by atoms with Gasteiger partial charge >= 0.3 is 0 Å². The minimum atomic E-state index is 0.610. The molecule has 0 saturated carbocycles. The number of H-pyrrole nitrogens is 2. The second-order valence-electron chi connectivity index (χ2n) is 8.97. The van der Waals surface area contributed by atoms with Gasteiger partial charge in [-0.2, -0.15) is 5.10 Å². The Kier molecular flexibility index (Phi) is 5.63. The maximum Gasteiger partial charge on any atom is 0.138 e. The van der Waals surface area contributed by atoms with Crippen molar-refractivity contribution < 1.29 is 4.74 Å². The van der Waals surface area contributed by atoms with Crippen molar-refractivity contribution in [1.82, 2.24) is 35.0 Å². The van der Waals surface area contributed by atoms with Gasteiger partial charge in [0.25, 0.3) is 0 Å². The largest absolute Gasteiger partial charge is 0.491 e. The highest BCUT2D eigenvalue weighted by Crippen LogP contribution is 2.35. The summed E-state index contributed by atoms with van der Waals surface area (Å²) in [4.78, 5) is 18.7. The number of fused-ring (bicyclic) bond motifs is 2. The van der Waals surface area contributed by atoms with E-state index in [0.29, 0.717) is 6.61 Å². The summed E-state index contributed by atoms with van der Waals surface area (Å²) in [6.07, 6.45) is 10.9. The van der Waals surface area contributed by atoms with E-state index < -0.39 is 0 Å². The molecule has 0 saturated heterocycles. The van der Waals surface area contributed by atoms with Crippen LogP contribution in [0.15, 0.2) is 79.6 Å². The summed E-state index contributed by atoms with van der Waals surface area (Å²) in [5, 5.41) is 9.90. The van der Waals surface area contributed by atoms with Gasteiger partial charge in [0.1, 0.15) is 18.1 Å². The molecule has 0 aliphatic rings. The predicted molar refractivity (Wildman–Crippen MR) is 142 cm³/mol. The van der Waals surface area contributed by atoms with E-state index in [1.807, 2.05) is 63.1 Å². The molecular weight excluding hydrogens is 450 g/mol. The molecule has 0 atom stereocenters. The van der Waals surface area contributed by atoms with Crippen LogP contribution < -0.4 is 4.74 Å². The molecule has 0 bridgehead atoms. The van der Waals surface area contributed by atoms with E-state index in [0.717, 1.165) is 67.7 Å². The van der Waals surface area contributed by atoms with Crippen LogP contribution in [0.25, 0.3) is 55.4 Å². The van der Waals surface area contributed by atoms with Crippen LogP contribution in [0.1, 0.15) is 0 Å². The number of hydrogen-bond acceptors (Lipinski definition) is 6. The zero-order chi connectivity index (χ0) is 24.5. The average molecular weight is 476 g/mol. The Morgan fingerprint density at radius 1 is 0.806 bits per heavy atom. The summed E-state index contributed by atoms with van der Waals surface area (Å²) >= 11 is 0. The molecular formula is C28H25N7O. The van der Waals surface area contributed by atoms with E-state index in [2.05, 4.69) is 53.2 Å². The summed E-state index contributed by atoms with van der Waals surface area (Å²) in [6, 6.07) is 14.4. The van der Waals surface area contributed by atoms with Gasteiger partial charge in [0, 0.05) is 58.8 Å². The van der Waals surface area contributed by atoms with Crippen LogP contribution >= 0.6 is 0 Å². The minimum Gasteiger partial charge on any atom is -0.491 e.